The topological polar surface area (TPSA) is 149 Å². The summed E-state index contributed by atoms with van der Waals surface area (Å²) in [4.78, 5) is 42.3. The Kier molecular flexibility index (Phi) is 6.60. The molecule has 136 valence electrons. The maximum absolute atomic E-state index is 10.7. The van der Waals surface area contributed by atoms with Crippen LogP contribution < -0.4 is 0 Å². The fraction of sp³-hybridized carbons (Fsp3) is 0.111. The summed E-state index contributed by atoms with van der Waals surface area (Å²) in [5, 5.41) is 34.6. The summed E-state index contributed by atoms with van der Waals surface area (Å²) in [5.74, 6) is -4.54. The van der Waals surface area contributed by atoms with E-state index in [-0.39, 0.29) is 22.3 Å². The van der Waals surface area contributed by atoms with Crippen molar-refractivity contribution in [2.45, 2.75) is 13.8 Å². The van der Waals surface area contributed by atoms with Crippen molar-refractivity contribution in [3.8, 4) is 0 Å². The van der Waals surface area contributed by atoms with Crippen molar-refractivity contribution >= 4 is 23.9 Å². The van der Waals surface area contributed by atoms with Crippen LogP contribution in [0, 0.1) is 13.8 Å². The molecule has 0 unspecified atom stereocenters. The van der Waals surface area contributed by atoms with Crippen molar-refractivity contribution in [1.29, 1.82) is 0 Å². The summed E-state index contributed by atoms with van der Waals surface area (Å²) in [6, 6.07) is 8.10. The average molecular weight is 360 g/mol. The molecule has 0 amide bonds. The molecule has 0 atom stereocenters. The number of carboxylic acid groups (broad SMARTS) is 4. The quantitative estimate of drug-likeness (QED) is 0.650. The van der Waals surface area contributed by atoms with Crippen LogP contribution in [0.1, 0.15) is 52.6 Å². The molecular weight excluding hydrogens is 344 g/mol. The number of carbonyl (C=O) groups is 4. The van der Waals surface area contributed by atoms with Crippen LogP contribution in [0.25, 0.3) is 0 Å². The lowest BCUT2D eigenvalue weighted by Gasteiger charge is -2.07. The van der Waals surface area contributed by atoms with Gasteiger partial charge in [-0.1, -0.05) is 12.1 Å². The Labute approximate surface area is 148 Å². The number of rotatable bonds is 4. The molecule has 0 spiro atoms. The second kappa shape index (κ2) is 8.43. The van der Waals surface area contributed by atoms with Crippen molar-refractivity contribution in [3.63, 3.8) is 0 Å². The van der Waals surface area contributed by atoms with Gasteiger partial charge in [0.1, 0.15) is 0 Å². The Morgan fingerprint density at radius 2 is 0.808 bits per heavy atom. The summed E-state index contributed by atoms with van der Waals surface area (Å²) in [6.45, 7) is 3.20. The molecule has 0 radical (unpaired) electrons. The van der Waals surface area contributed by atoms with Gasteiger partial charge in [0.2, 0.25) is 0 Å². The summed E-state index contributed by atoms with van der Waals surface area (Å²) >= 11 is 0. The first-order chi connectivity index (χ1) is 12.1. The minimum absolute atomic E-state index is 0.146. The smallest absolute Gasteiger partial charge is 0.336 e. The third-order valence-corrected chi connectivity index (χ3v) is 3.64. The van der Waals surface area contributed by atoms with Gasteiger partial charge in [-0.2, -0.15) is 0 Å². The molecule has 0 bridgehead atoms. The molecule has 0 fully saturated rings. The standard InChI is InChI=1S/C10H10O4.C8H6O4/c1-5-6(2)8(10(13)14)4-3-7(5)9(11)12;9-7(10)5-3-1-2-4-6(5)8(11)12/h3-4H,1-2H3,(H,11,12)(H,13,14);1-4H,(H,9,10)(H,11,12). The van der Waals surface area contributed by atoms with E-state index >= 15 is 0 Å². The zero-order chi connectivity index (χ0) is 20.0. The van der Waals surface area contributed by atoms with Gasteiger partial charge in [0.25, 0.3) is 0 Å². The molecule has 2 rings (SSSR count). The van der Waals surface area contributed by atoms with Crippen LogP contribution in [0.5, 0.6) is 0 Å². The van der Waals surface area contributed by atoms with Gasteiger partial charge in [-0.25, -0.2) is 19.2 Å². The van der Waals surface area contributed by atoms with Gasteiger partial charge in [0.15, 0.2) is 0 Å². The number of hydrogen-bond donors (Lipinski definition) is 4. The molecule has 0 aliphatic carbocycles. The van der Waals surface area contributed by atoms with E-state index < -0.39 is 23.9 Å². The fourth-order valence-electron chi connectivity index (χ4n) is 2.14. The minimum atomic E-state index is -1.23. The SMILES string of the molecule is Cc1c(C(=O)O)ccc(C(=O)O)c1C.O=C(O)c1ccccc1C(=O)O. The number of carboxylic acids is 4. The van der Waals surface area contributed by atoms with Crippen LogP contribution in [0.4, 0.5) is 0 Å². The second-order valence-electron chi connectivity index (χ2n) is 5.18. The van der Waals surface area contributed by atoms with E-state index in [0.29, 0.717) is 11.1 Å². The maximum atomic E-state index is 10.7. The highest BCUT2D eigenvalue weighted by molar-refractivity contribution is 6.01. The van der Waals surface area contributed by atoms with Gasteiger partial charge in [0, 0.05) is 0 Å². The Bertz CT molecular complexity index is 811. The Hall–Kier alpha value is -3.68. The molecule has 0 aliphatic rings. The van der Waals surface area contributed by atoms with Crippen molar-refractivity contribution in [2.75, 3.05) is 0 Å². The van der Waals surface area contributed by atoms with Crippen molar-refractivity contribution in [1.82, 2.24) is 0 Å². The predicted octanol–water partition coefficient (Wildman–Crippen LogP) is 2.78. The number of aromatic carboxylic acids is 4. The predicted molar refractivity (Wildman–Crippen MR) is 90.2 cm³/mol. The molecule has 0 heterocycles. The van der Waals surface area contributed by atoms with E-state index in [1.807, 2.05) is 0 Å². The molecule has 0 aromatic heterocycles. The second-order valence-corrected chi connectivity index (χ2v) is 5.18. The molecular formula is C18H16O8. The van der Waals surface area contributed by atoms with Crippen LogP contribution in [-0.2, 0) is 0 Å². The van der Waals surface area contributed by atoms with Gasteiger partial charge in [0.05, 0.1) is 22.3 Å². The molecule has 2 aromatic rings. The van der Waals surface area contributed by atoms with E-state index in [4.69, 9.17) is 20.4 Å². The highest BCUT2D eigenvalue weighted by Gasteiger charge is 2.15. The van der Waals surface area contributed by atoms with Gasteiger partial charge in [-0.05, 0) is 49.2 Å². The Balaban J connectivity index is 0.000000263. The van der Waals surface area contributed by atoms with Crippen LogP contribution in [0.15, 0.2) is 36.4 Å². The minimum Gasteiger partial charge on any atom is -0.478 e. The van der Waals surface area contributed by atoms with E-state index in [1.165, 1.54) is 36.4 Å². The van der Waals surface area contributed by atoms with E-state index in [1.54, 1.807) is 13.8 Å². The molecule has 0 saturated carbocycles. The molecule has 4 N–H and O–H groups in total. The van der Waals surface area contributed by atoms with Crippen molar-refractivity contribution in [3.05, 3.63) is 69.8 Å². The summed E-state index contributed by atoms with van der Waals surface area (Å²) in [7, 11) is 0. The first-order valence-corrected chi connectivity index (χ1v) is 7.20. The van der Waals surface area contributed by atoms with Gasteiger partial charge < -0.3 is 20.4 Å². The van der Waals surface area contributed by atoms with Crippen LogP contribution in [0.3, 0.4) is 0 Å². The first kappa shape index (κ1) is 20.4. The van der Waals surface area contributed by atoms with Crippen molar-refractivity contribution < 1.29 is 39.6 Å². The lowest BCUT2D eigenvalue weighted by Crippen LogP contribution is -2.06. The Morgan fingerprint density at radius 3 is 1.04 bits per heavy atom. The monoisotopic (exact) mass is 360 g/mol. The molecule has 2 aromatic carbocycles. The molecule has 8 nitrogen and oxygen atoms in total. The average Bonchev–Trinajstić information content (AvgIpc) is 2.57. The molecule has 0 saturated heterocycles. The summed E-state index contributed by atoms with van der Waals surface area (Å²) in [5.41, 5.74) is 0.907. The van der Waals surface area contributed by atoms with Gasteiger partial charge in [-0.3, -0.25) is 0 Å². The summed E-state index contributed by atoms with van der Waals surface area (Å²) < 4.78 is 0. The van der Waals surface area contributed by atoms with Crippen molar-refractivity contribution in [2.24, 2.45) is 0 Å². The zero-order valence-corrected chi connectivity index (χ0v) is 13.9. The molecule has 26 heavy (non-hydrogen) atoms. The summed E-state index contributed by atoms with van der Waals surface area (Å²) in [6.07, 6.45) is 0. The van der Waals surface area contributed by atoms with Crippen LogP contribution in [-0.4, -0.2) is 44.3 Å². The Morgan fingerprint density at radius 1 is 0.538 bits per heavy atom. The maximum Gasteiger partial charge on any atom is 0.336 e. The number of hydrogen-bond acceptors (Lipinski definition) is 4. The third-order valence-electron chi connectivity index (χ3n) is 3.64. The lowest BCUT2D eigenvalue weighted by molar-refractivity contribution is 0.0651. The largest absolute Gasteiger partial charge is 0.478 e. The molecule has 0 aliphatic heterocycles. The lowest BCUT2D eigenvalue weighted by atomic mass is 9.98. The van der Waals surface area contributed by atoms with Crippen LogP contribution >= 0.6 is 0 Å². The van der Waals surface area contributed by atoms with E-state index in [2.05, 4.69) is 0 Å². The third kappa shape index (κ3) is 4.67. The van der Waals surface area contributed by atoms with E-state index in [9.17, 15) is 19.2 Å². The zero-order valence-electron chi connectivity index (χ0n) is 13.9. The first-order valence-electron chi connectivity index (χ1n) is 7.20. The fourth-order valence-corrected chi connectivity index (χ4v) is 2.14. The normalized spacial score (nSPS) is 9.62. The number of benzene rings is 2. The highest BCUT2D eigenvalue weighted by Crippen LogP contribution is 2.17. The highest BCUT2D eigenvalue weighted by atomic mass is 16.4. The molecule has 8 heteroatoms. The van der Waals surface area contributed by atoms with E-state index in [0.717, 1.165) is 0 Å². The van der Waals surface area contributed by atoms with Crippen LogP contribution in [0.2, 0.25) is 0 Å². The van der Waals surface area contributed by atoms with Gasteiger partial charge in [-0.15, -0.1) is 0 Å². The van der Waals surface area contributed by atoms with Gasteiger partial charge >= 0.3 is 23.9 Å².